The molecule has 1 aromatic rings. The molecule has 5 heteroatoms. The molecule has 2 saturated carbocycles. The lowest BCUT2D eigenvalue weighted by molar-refractivity contribution is -0.122. The summed E-state index contributed by atoms with van der Waals surface area (Å²) in [5.74, 6) is 1.73. The number of ether oxygens (including phenoxy) is 1. The summed E-state index contributed by atoms with van der Waals surface area (Å²) in [5.41, 5.74) is 1.40. The van der Waals surface area contributed by atoms with E-state index in [0.29, 0.717) is 30.6 Å². The number of hydrogen-bond acceptors (Lipinski definition) is 3. The van der Waals surface area contributed by atoms with Gasteiger partial charge in [-0.2, -0.15) is 0 Å². The minimum Gasteiger partial charge on any atom is -0.497 e. The predicted octanol–water partition coefficient (Wildman–Crippen LogP) is 3.75. The lowest BCUT2D eigenvalue weighted by Gasteiger charge is -2.29. The fraction of sp³-hybridized carbons (Fsp3) is 0.667. The standard InChI is InChI=1S/C24H34N2O3/c1-29-20-7-5-18(6-8-20)15-24(14-10-22(28)26-24)13-9-21(27)25-17-19-16-23(19)11-3-2-4-12-23/h5-8,19H,2-4,9-17H2,1H3,(H,25,27)(H,26,28)/t19-,24-/m0/s1. The second kappa shape index (κ2) is 8.37. The third-order valence-electron chi connectivity index (χ3n) is 7.52. The van der Waals surface area contributed by atoms with Crippen LogP contribution in [0.1, 0.15) is 69.8 Å². The monoisotopic (exact) mass is 398 g/mol. The van der Waals surface area contributed by atoms with Crippen LogP contribution in [0.3, 0.4) is 0 Å². The summed E-state index contributed by atoms with van der Waals surface area (Å²) in [6, 6.07) is 7.98. The molecule has 2 N–H and O–H groups in total. The first kappa shape index (κ1) is 20.2. The summed E-state index contributed by atoms with van der Waals surface area (Å²) in [6.07, 6.45) is 11.3. The van der Waals surface area contributed by atoms with E-state index in [4.69, 9.17) is 4.74 Å². The van der Waals surface area contributed by atoms with Crippen molar-refractivity contribution in [3.05, 3.63) is 29.8 Å². The van der Waals surface area contributed by atoms with E-state index in [-0.39, 0.29) is 17.4 Å². The zero-order valence-corrected chi connectivity index (χ0v) is 17.6. The number of benzene rings is 1. The molecule has 158 valence electrons. The van der Waals surface area contributed by atoms with Gasteiger partial charge in [0.15, 0.2) is 0 Å². The van der Waals surface area contributed by atoms with Gasteiger partial charge in [-0.1, -0.05) is 31.4 Å². The van der Waals surface area contributed by atoms with Crippen LogP contribution in [-0.2, 0) is 16.0 Å². The molecule has 3 fully saturated rings. The third kappa shape index (κ3) is 4.76. The molecule has 1 saturated heterocycles. The maximum Gasteiger partial charge on any atom is 0.220 e. The number of nitrogens with one attached hydrogen (secondary N) is 2. The number of carbonyl (C=O) groups excluding carboxylic acids is 2. The maximum absolute atomic E-state index is 12.5. The minimum atomic E-state index is -0.312. The van der Waals surface area contributed by atoms with Crippen molar-refractivity contribution in [2.24, 2.45) is 11.3 Å². The lowest BCUT2D eigenvalue weighted by Crippen LogP contribution is -2.44. The highest BCUT2D eigenvalue weighted by Gasteiger charge is 2.53. The van der Waals surface area contributed by atoms with E-state index < -0.39 is 0 Å². The third-order valence-corrected chi connectivity index (χ3v) is 7.52. The molecule has 0 radical (unpaired) electrons. The molecular formula is C24H34N2O3. The second-order valence-electron chi connectivity index (χ2n) is 9.48. The van der Waals surface area contributed by atoms with Crippen LogP contribution >= 0.6 is 0 Å². The zero-order valence-electron chi connectivity index (χ0n) is 17.6. The van der Waals surface area contributed by atoms with Crippen LogP contribution < -0.4 is 15.4 Å². The maximum atomic E-state index is 12.5. The normalized spacial score (nSPS) is 27.5. The Morgan fingerprint density at radius 2 is 1.93 bits per heavy atom. The van der Waals surface area contributed by atoms with Crippen molar-refractivity contribution in [2.45, 2.75) is 76.2 Å². The summed E-state index contributed by atoms with van der Waals surface area (Å²) >= 11 is 0. The zero-order chi connectivity index (χ0) is 20.3. The fourth-order valence-corrected chi connectivity index (χ4v) is 5.58. The molecular weight excluding hydrogens is 364 g/mol. The molecule has 0 bridgehead atoms. The molecule has 1 heterocycles. The van der Waals surface area contributed by atoms with E-state index in [0.717, 1.165) is 30.7 Å². The number of carbonyl (C=O) groups is 2. The van der Waals surface area contributed by atoms with Crippen molar-refractivity contribution in [1.82, 2.24) is 10.6 Å². The van der Waals surface area contributed by atoms with E-state index in [1.807, 2.05) is 24.3 Å². The van der Waals surface area contributed by atoms with Gasteiger partial charge in [0.05, 0.1) is 7.11 Å². The van der Waals surface area contributed by atoms with Gasteiger partial charge >= 0.3 is 0 Å². The van der Waals surface area contributed by atoms with Crippen molar-refractivity contribution >= 4 is 11.8 Å². The average molecular weight is 399 g/mol. The van der Waals surface area contributed by atoms with E-state index in [2.05, 4.69) is 10.6 Å². The Hall–Kier alpha value is -2.04. The van der Waals surface area contributed by atoms with Gasteiger partial charge in [-0.25, -0.2) is 0 Å². The van der Waals surface area contributed by atoms with Crippen LogP contribution in [0, 0.1) is 11.3 Å². The van der Waals surface area contributed by atoms with Crippen molar-refractivity contribution in [1.29, 1.82) is 0 Å². The van der Waals surface area contributed by atoms with Crippen LogP contribution in [-0.4, -0.2) is 31.0 Å². The lowest BCUT2D eigenvalue weighted by atomic mass is 9.84. The van der Waals surface area contributed by atoms with Gasteiger partial charge in [0.25, 0.3) is 0 Å². The molecule has 2 atom stereocenters. The van der Waals surface area contributed by atoms with Crippen molar-refractivity contribution < 1.29 is 14.3 Å². The van der Waals surface area contributed by atoms with Gasteiger partial charge in [0.1, 0.15) is 5.75 Å². The molecule has 2 aliphatic carbocycles. The largest absolute Gasteiger partial charge is 0.497 e. The molecule has 0 aromatic heterocycles. The Labute approximate surface area is 174 Å². The van der Waals surface area contributed by atoms with Crippen LogP contribution in [0.25, 0.3) is 0 Å². The first-order valence-corrected chi connectivity index (χ1v) is 11.2. The Morgan fingerprint density at radius 3 is 2.59 bits per heavy atom. The van der Waals surface area contributed by atoms with Gasteiger partial charge in [0.2, 0.25) is 11.8 Å². The summed E-state index contributed by atoms with van der Waals surface area (Å²) in [6.45, 7) is 0.830. The van der Waals surface area contributed by atoms with Crippen molar-refractivity contribution in [3.63, 3.8) is 0 Å². The van der Waals surface area contributed by atoms with Crippen LogP contribution in [0.5, 0.6) is 5.75 Å². The molecule has 29 heavy (non-hydrogen) atoms. The highest BCUT2D eigenvalue weighted by Crippen LogP contribution is 2.61. The van der Waals surface area contributed by atoms with Crippen LogP contribution in [0.4, 0.5) is 0 Å². The molecule has 1 aliphatic heterocycles. The molecule has 4 rings (SSSR count). The first-order chi connectivity index (χ1) is 14.0. The quantitative estimate of drug-likeness (QED) is 0.701. The number of methoxy groups -OCH3 is 1. The second-order valence-corrected chi connectivity index (χ2v) is 9.48. The topological polar surface area (TPSA) is 67.4 Å². The minimum absolute atomic E-state index is 0.0936. The van der Waals surface area contributed by atoms with Gasteiger partial charge < -0.3 is 15.4 Å². The van der Waals surface area contributed by atoms with Gasteiger partial charge in [-0.05, 0) is 67.6 Å². The highest BCUT2D eigenvalue weighted by molar-refractivity contribution is 5.80. The Bertz CT molecular complexity index is 739. The van der Waals surface area contributed by atoms with Gasteiger partial charge in [-0.3, -0.25) is 9.59 Å². The summed E-state index contributed by atoms with van der Waals surface area (Å²) < 4.78 is 5.23. The van der Waals surface area contributed by atoms with E-state index in [1.54, 1.807) is 7.11 Å². The van der Waals surface area contributed by atoms with E-state index >= 15 is 0 Å². The molecule has 5 nitrogen and oxygen atoms in total. The fourth-order valence-electron chi connectivity index (χ4n) is 5.58. The summed E-state index contributed by atoms with van der Waals surface area (Å²) in [5, 5.41) is 6.35. The van der Waals surface area contributed by atoms with Gasteiger partial charge in [-0.15, -0.1) is 0 Å². The van der Waals surface area contributed by atoms with Crippen molar-refractivity contribution in [3.8, 4) is 5.75 Å². The Kier molecular flexibility index (Phi) is 5.84. The van der Waals surface area contributed by atoms with E-state index in [9.17, 15) is 9.59 Å². The number of rotatable bonds is 8. The SMILES string of the molecule is COc1ccc(C[C@]2(CCC(=O)NC[C@@H]3CC34CCCCC4)CCC(=O)N2)cc1. The van der Waals surface area contributed by atoms with Gasteiger partial charge in [0, 0.05) is 24.9 Å². The van der Waals surface area contributed by atoms with E-state index in [1.165, 1.54) is 38.5 Å². The number of hydrogen-bond donors (Lipinski definition) is 2. The molecule has 3 aliphatic rings. The summed E-state index contributed by atoms with van der Waals surface area (Å²) in [4.78, 5) is 24.5. The Balaban J connectivity index is 1.28. The molecule has 1 aromatic carbocycles. The average Bonchev–Trinajstić information content (AvgIpc) is 3.26. The summed E-state index contributed by atoms with van der Waals surface area (Å²) in [7, 11) is 1.66. The smallest absolute Gasteiger partial charge is 0.220 e. The predicted molar refractivity (Wildman–Crippen MR) is 113 cm³/mol. The highest BCUT2D eigenvalue weighted by atomic mass is 16.5. The van der Waals surface area contributed by atoms with Crippen LogP contribution in [0.2, 0.25) is 0 Å². The van der Waals surface area contributed by atoms with Crippen LogP contribution in [0.15, 0.2) is 24.3 Å². The molecule has 1 spiro atoms. The van der Waals surface area contributed by atoms with Crippen molar-refractivity contribution in [2.75, 3.05) is 13.7 Å². The first-order valence-electron chi connectivity index (χ1n) is 11.2. The number of amides is 2. The molecule has 0 unspecified atom stereocenters. The molecule has 2 amide bonds. The Morgan fingerprint density at radius 1 is 1.17 bits per heavy atom.